The van der Waals surface area contributed by atoms with Crippen LogP contribution in [0.1, 0.15) is 21.8 Å². The number of Topliss-reactive ketones (excluding diaryl/α,β-unsaturated/α-hetero) is 1. The number of carbonyl (C=O) groups excluding carboxylic acids is 1. The lowest BCUT2D eigenvalue weighted by Gasteiger charge is -2.11. The first-order valence-corrected chi connectivity index (χ1v) is 6.85. The number of ketones is 1. The first kappa shape index (κ1) is 14.7. The molecule has 0 spiro atoms. The molecule has 0 aliphatic carbocycles. The maximum atomic E-state index is 13.7. The van der Waals surface area contributed by atoms with Gasteiger partial charge in [0, 0.05) is 15.6 Å². The van der Waals surface area contributed by atoms with E-state index in [0.29, 0.717) is 0 Å². The van der Waals surface area contributed by atoms with Crippen LogP contribution in [0.4, 0.5) is 4.39 Å². The van der Waals surface area contributed by atoms with Gasteiger partial charge in [0.2, 0.25) is 0 Å². The highest BCUT2D eigenvalue weighted by Crippen LogP contribution is 2.28. The summed E-state index contributed by atoms with van der Waals surface area (Å²) in [6.07, 6.45) is 0. The van der Waals surface area contributed by atoms with E-state index in [4.69, 9.17) is 11.6 Å². The van der Waals surface area contributed by atoms with Crippen LogP contribution in [0.25, 0.3) is 0 Å². The van der Waals surface area contributed by atoms with Crippen LogP contribution in [0, 0.1) is 17.1 Å². The molecule has 0 saturated carbocycles. The van der Waals surface area contributed by atoms with Crippen LogP contribution in [0.15, 0.2) is 46.9 Å². The molecule has 2 nitrogen and oxygen atoms in total. The number of benzene rings is 2. The second-order valence-corrected chi connectivity index (χ2v) is 5.39. The van der Waals surface area contributed by atoms with Crippen LogP contribution >= 0.6 is 27.5 Å². The maximum Gasteiger partial charge on any atom is 0.186 e. The average Bonchev–Trinajstić information content (AvgIpc) is 2.41. The molecule has 0 aromatic heterocycles. The predicted molar refractivity (Wildman–Crippen MR) is 78.2 cm³/mol. The van der Waals surface area contributed by atoms with Gasteiger partial charge in [-0.15, -0.1) is 0 Å². The van der Waals surface area contributed by atoms with Crippen molar-refractivity contribution >= 4 is 33.3 Å². The van der Waals surface area contributed by atoms with Crippen LogP contribution in [0.3, 0.4) is 0 Å². The molecule has 0 N–H and O–H groups in total. The summed E-state index contributed by atoms with van der Waals surface area (Å²) in [4.78, 5) is 12.4. The molecule has 0 fully saturated rings. The number of rotatable bonds is 3. The summed E-state index contributed by atoms with van der Waals surface area (Å²) in [6, 6.07) is 12.3. The smallest absolute Gasteiger partial charge is 0.186 e. The van der Waals surface area contributed by atoms with Crippen molar-refractivity contribution in [3.63, 3.8) is 0 Å². The van der Waals surface area contributed by atoms with Gasteiger partial charge >= 0.3 is 0 Å². The van der Waals surface area contributed by atoms with Crippen molar-refractivity contribution in [2.75, 3.05) is 0 Å². The molecule has 2 rings (SSSR count). The van der Waals surface area contributed by atoms with Crippen molar-refractivity contribution in [3.05, 3.63) is 68.9 Å². The zero-order valence-electron chi connectivity index (χ0n) is 10.1. The van der Waals surface area contributed by atoms with Crippen molar-refractivity contribution in [2.45, 2.75) is 5.92 Å². The summed E-state index contributed by atoms with van der Waals surface area (Å²) in [6.45, 7) is 0. The van der Waals surface area contributed by atoms with Gasteiger partial charge in [0.1, 0.15) is 11.7 Å². The molecule has 0 saturated heterocycles. The molecule has 0 heterocycles. The third-order valence-electron chi connectivity index (χ3n) is 2.80. The van der Waals surface area contributed by atoms with Crippen LogP contribution < -0.4 is 0 Å². The predicted octanol–water partition coefficient (Wildman–Crippen LogP) is 4.73. The summed E-state index contributed by atoms with van der Waals surface area (Å²) < 4.78 is 14.4. The van der Waals surface area contributed by atoms with Gasteiger partial charge in [-0.3, -0.25) is 4.79 Å². The monoisotopic (exact) mass is 351 g/mol. The summed E-state index contributed by atoms with van der Waals surface area (Å²) in [5.41, 5.74) is 0.253. The van der Waals surface area contributed by atoms with E-state index >= 15 is 0 Å². The summed E-state index contributed by atoms with van der Waals surface area (Å²) in [5.74, 6) is -2.31. The second kappa shape index (κ2) is 6.17. The molecule has 100 valence electrons. The molecule has 2 aromatic rings. The minimum absolute atomic E-state index is 0.0546. The Morgan fingerprint density at radius 1 is 1.30 bits per heavy atom. The lowest BCUT2D eigenvalue weighted by molar-refractivity contribution is 0.0977. The number of hydrogen-bond acceptors (Lipinski definition) is 2. The maximum absolute atomic E-state index is 13.7. The molecular formula is C15H8BrClFNO. The average molecular weight is 353 g/mol. The zero-order chi connectivity index (χ0) is 14.7. The van der Waals surface area contributed by atoms with Crippen LogP contribution in [-0.4, -0.2) is 5.78 Å². The Morgan fingerprint density at radius 2 is 2.00 bits per heavy atom. The van der Waals surface area contributed by atoms with Gasteiger partial charge in [0.25, 0.3) is 0 Å². The normalized spacial score (nSPS) is 11.7. The Labute approximate surface area is 128 Å². The second-order valence-electron chi connectivity index (χ2n) is 4.07. The van der Waals surface area contributed by atoms with E-state index in [-0.39, 0.29) is 16.1 Å². The van der Waals surface area contributed by atoms with Gasteiger partial charge in [-0.05, 0) is 24.3 Å². The van der Waals surface area contributed by atoms with E-state index in [0.717, 1.165) is 4.47 Å². The quantitative estimate of drug-likeness (QED) is 0.749. The molecular weight excluding hydrogens is 345 g/mol. The Balaban J connectivity index is 2.45. The molecule has 5 heteroatoms. The van der Waals surface area contributed by atoms with Gasteiger partial charge in [-0.2, -0.15) is 5.26 Å². The fraction of sp³-hybridized carbons (Fsp3) is 0.0667. The van der Waals surface area contributed by atoms with Crippen LogP contribution in [0.2, 0.25) is 5.02 Å². The Kier molecular flexibility index (Phi) is 4.53. The lowest BCUT2D eigenvalue weighted by Crippen LogP contribution is -2.13. The zero-order valence-corrected chi connectivity index (χ0v) is 12.5. The largest absolute Gasteiger partial charge is 0.292 e. The van der Waals surface area contributed by atoms with E-state index in [1.165, 1.54) is 24.3 Å². The van der Waals surface area contributed by atoms with E-state index in [1.807, 2.05) is 6.07 Å². The van der Waals surface area contributed by atoms with Crippen molar-refractivity contribution in [1.29, 1.82) is 5.26 Å². The Morgan fingerprint density at radius 3 is 2.60 bits per heavy atom. The molecule has 0 radical (unpaired) electrons. The Bertz CT molecular complexity index is 711. The number of nitrogens with zero attached hydrogens (tertiary/aromatic N) is 1. The molecule has 0 bridgehead atoms. The molecule has 1 unspecified atom stereocenters. The number of carbonyl (C=O) groups is 1. The number of hydrogen-bond donors (Lipinski definition) is 0. The molecule has 20 heavy (non-hydrogen) atoms. The van der Waals surface area contributed by atoms with Crippen molar-refractivity contribution in [1.82, 2.24) is 0 Å². The van der Waals surface area contributed by atoms with Crippen LogP contribution in [0.5, 0.6) is 0 Å². The highest BCUT2D eigenvalue weighted by atomic mass is 79.9. The fourth-order valence-corrected chi connectivity index (χ4v) is 2.59. The van der Waals surface area contributed by atoms with Crippen molar-refractivity contribution in [3.8, 4) is 6.07 Å². The van der Waals surface area contributed by atoms with Gasteiger partial charge in [0.05, 0.1) is 11.1 Å². The fourth-order valence-electron chi connectivity index (χ4n) is 1.82. The molecule has 0 aliphatic rings. The SMILES string of the molecule is N#CC(C(=O)c1ccc(Br)cc1Cl)c1ccccc1F. The molecule has 2 aromatic carbocycles. The highest BCUT2D eigenvalue weighted by molar-refractivity contribution is 9.10. The Hall–Kier alpha value is -1.70. The minimum atomic E-state index is -1.21. The summed E-state index contributed by atoms with van der Waals surface area (Å²) in [7, 11) is 0. The highest BCUT2D eigenvalue weighted by Gasteiger charge is 2.26. The van der Waals surface area contributed by atoms with Crippen molar-refractivity contribution in [2.24, 2.45) is 0 Å². The topological polar surface area (TPSA) is 40.9 Å². The standard InChI is InChI=1S/C15H8BrClFNO/c16-9-5-6-11(13(17)7-9)15(20)12(8-19)10-3-1-2-4-14(10)18/h1-7,12H. The lowest BCUT2D eigenvalue weighted by atomic mass is 9.91. The minimum Gasteiger partial charge on any atom is -0.292 e. The van der Waals surface area contributed by atoms with Gasteiger partial charge in [-0.1, -0.05) is 45.7 Å². The summed E-state index contributed by atoms with van der Waals surface area (Å²) >= 11 is 9.23. The first-order chi connectivity index (χ1) is 9.54. The third-order valence-corrected chi connectivity index (χ3v) is 3.61. The van der Waals surface area contributed by atoms with Crippen molar-refractivity contribution < 1.29 is 9.18 Å². The van der Waals surface area contributed by atoms with E-state index < -0.39 is 17.5 Å². The summed E-state index contributed by atoms with van der Waals surface area (Å²) in [5, 5.41) is 9.41. The van der Waals surface area contributed by atoms with Gasteiger partial charge in [-0.25, -0.2) is 4.39 Å². The van der Waals surface area contributed by atoms with Gasteiger partial charge in [0.15, 0.2) is 5.78 Å². The first-order valence-electron chi connectivity index (χ1n) is 5.68. The van der Waals surface area contributed by atoms with E-state index in [9.17, 15) is 14.4 Å². The van der Waals surface area contributed by atoms with E-state index in [2.05, 4.69) is 15.9 Å². The molecule has 0 aliphatic heterocycles. The molecule has 0 amide bonds. The molecule has 1 atom stereocenters. The van der Waals surface area contributed by atoms with E-state index in [1.54, 1.807) is 18.2 Å². The van der Waals surface area contributed by atoms with Crippen LogP contribution in [-0.2, 0) is 0 Å². The van der Waals surface area contributed by atoms with Gasteiger partial charge < -0.3 is 0 Å². The number of halogens is 3. The number of nitriles is 1. The third kappa shape index (κ3) is 2.90.